The summed E-state index contributed by atoms with van der Waals surface area (Å²) in [6, 6.07) is 14.1. The van der Waals surface area contributed by atoms with Gasteiger partial charge < -0.3 is 10.1 Å². The van der Waals surface area contributed by atoms with E-state index in [1.54, 1.807) is 0 Å². The third-order valence-corrected chi connectivity index (χ3v) is 4.10. The van der Waals surface area contributed by atoms with Crippen molar-refractivity contribution in [3.63, 3.8) is 0 Å². The molecule has 2 aromatic carbocycles. The van der Waals surface area contributed by atoms with Gasteiger partial charge in [0.15, 0.2) is 6.10 Å². The molecule has 0 spiro atoms. The highest BCUT2D eigenvalue weighted by Crippen LogP contribution is 2.27. The van der Waals surface area contributed by atoms with Gasteiger partial charge in [-0.2, -0.15) is 0 Å². The third kappa shape index (κ3) is 5.77. The fourth-order valence-corrected chi connectivity index (χ4v) is 3.51. The van der Waals surface area contributed by atoms with Crippen molar-refractivity contribution in [2.24, 2.45) is 5.41 Å². The number of ether oxygens (including phenoxy) is 1. The van der Waals surface area contributed by atoms with Gasteiger partial charge in [-0.05, 0) is 55.0 Å². The minimum atomic E-state index is -0.486. The predicted molar refractivity (Wildman–Crippen MR) is 105 cm³/mol. The van der Waals surface area contributed by atoms with Crippen LogP contribution in [0.5, 0.6) is 5.75 Å². The number of hydrogen-bond acceptors (Lipinski definition) is 2. The maximum absolute atomic E-state index is 12.7. The standard InChI is InChI=1S/C22H31NO2/c1-7-19(20(24)23-22(5,6)15-21(2,3)4)25-18-13-12-16-10-8-9-11-17(16)14-18/h8-14,19H,7,15H2,1-6H3,(H,23,24)/t19-/m0/s1. The van der Waals surface area contributed by atoms with Crippen molar-refractivity contribution in [3.05, 3.63) is 42.5 Å². The van der Waals surface area contributed by atoms with E-state index in [-0.39, 0.29) is 16.9 Å². The molecule has 25 heavy (non-hydrogen) atoms. The Kier molecular flexibility index (Phi) is 5.76. The number of fused-ring (bicyclic) bond motifs is 1. The normalized spacial score (nSPS) is 13.5. The zero-order chi connectivity index (χ0) is 18.7. The zero-order valence-corrected chi connectivity index (χ0v) is 16.3. The average Bonchev–Trinajstić information content (AvgIpc) is 2.49. The zero-order valence-electron chi connectivity index (χ0n) is 16.3. The molecule has 3 heteroatoms. The summed E-state index contributed by atoms with van der Waals surface area (Å²) in [7, 11) is 0. The van der Waals surface area contributed by atoms with Crippen LogP contribution >= 0.6 is 0 Å². The highest BCUT2D eigenvalue weighted by atomic mass is 16.5. The molecule has 0 aliphatic carbocycles. The van der Waals surface area contributed by atoms with Crippen LogP contribution < -0.4 is 10.1 Å². The summed E-state index contributed by atoms with van der Waals surface area (Å²) in [6.07, 6.45) is 1.04. The van der Waals surface area contributed by atoms with Gasteiger partial charge in [0.25, 0.3) is 5.91 Å². The molecule has 0 aliphatic heterocycles. The van der Waals surface area contributed by atoms with E-state index in [0.29, 0.717) is 6.42 Å². The molecular weight excluding hydrogens is 310 g/mol. The summed E-state index contributed by atoms with van der Waals surface area (Å²) in [4.78, 5) is 12.7. The molecule has 0 fully saturated rings. The molecule has 0 aliphatic rings. The first-order valence-corrected chi connectivity index (χ1v) is 9.07. The van der Waals surface area contributed by atoms with Crippen LogP contribution in [-0.4, -0.2) is 17.6 Å². The van der Waals surface area contributed by atoms with E-state index >= 15 is 0 Å². The highest BCUT2D eigenvalue weighted by Gasteiger charge is 2.30. The fraction of sp³-hybridized carbons (Fsp3) is 0.500. The van der Waals surface area contributed by atoms with E-state index in [9.17, 15) is 4.79 Å². The fourth-order valence-electron chi connectivity index (χ4n) is 3.51. The quantitative estimate of drug-likeness (QED) is 0.771. The lowest BCUT2D eigenvalue weighted by Gasteiger charge is -2.34. The summed E-state index contributed by atoms with van der Waals surface area (Å²) in [5.41, 5.74) is -0.118. The molecule has 0 saturated carbocycles. The number of hydrogen-bond donors (Lipinski definition) is 1. The van der Waals surface area contributed by atoms with Crippen molar-refractivity contribution in [2.75, 3.05) is 0 Å². The van der Waals surface area contributed by atoms with E-state index in [1.807, 2.05) is 37.3 Å². The second-order valence-electron chi connectivity index (χ2n) is 8.63. The van der Waals surface area contributed by atoms with Crippen LogP contribution in [0.4, 0.5) is 0 Å². The molecule has 0 bridgehead atoms. The number of amides is 1. The van der Waals surface area contributed by atoms with Crippen LogP contribution in [-0.2, 0) is 4.79 Å². The van der Waals surface area contributed by atoms with E-state index in [2.05, 4.69) is 52.1 Å². The van der Waals surface area contributed by atoms with Crippen molar-refractivity contribution >= 4 is 16.7 Å². The first-order valence-electron chi connectivity index (χ1n) is 9.07. The lowest BCUT2D eigenvalue weighted by atomic mass is 9.81. The maximum atomic E-state index is 12.7. The van der Waals surface area contributed by atoms with Crippen LogP contribution in [0.3, 0.4) is 0 Å². The minimum Gasteiger partial charge on any atom is -0.481 e. The molecule has 0 saturated heterocycles. The van der Waals surface area contributed by atoms with Crippen molar-refractivity contribution in [3.8, 4) is 5.75 Å². The van der Waals surface area contributed by atoms with Gasteiger partial charge in [-0.15, -0.1) is 0 Å². The van der Waals surface area contributed by atoms with Crippen LogP contribution in [0.1, 0.15) is 54.4 Å². The Morgan fingerprint density at radius 1 is 1.04 bits per heavy atom. The predicted octanol–water partition coefficient (Wildman–Crippen LogP) is 5.33. The maximum Gasteiger partial charge on any atom is 0.261 e. The number of carbonyl (C=O) groups is 1. The molecule has 0 unspecified atom stereocenters. The van der Waals surface area contributed by atoms with Crippen molar-refractivity contribution in [2.45, 2.75) is 66.0 Å². The van der Waals surface area contributed by atoms with E-state index < -0.39 is 6.10 Å². The van der Waals surface area contributed by atoms with Gasteiger partial charge in [-0.1, -0.05) is 58.0 Å². The smallest absolute Gasteiger partial charge is 0.261 e. The van der Waals surface area contributed by atoms with Crippen LogP contribution in [0, 0.1) is 5.41 Å². The molecular formula is C22H31NO2. The Bertz CT molecular complexity index is 728. The van der Waals surface area contributed by atoms with Gasteiger partial charge >= 0.3 is 0 Å². The summed E-state index contributed by atoms with van der Waals surface area (Å²) >= 11 is 0. The average molecular weight is 341 g/mol. The van der Waals surface area contributed by atoms with Gasteiger partial charge in [-0.25, -0.2) is 0 Å². The van der Waals surface area contributed by atoms with Crippen LogP contribution in [0.25, 0.3) is 10.8 Å². The Morgan fingerprint density at radius 2 is 1.68 bits per heavy atom. The summed E-state index contributed by atoms with van der Waals surface area (Å²) in [5, 5.41) is 5.44. The van der Waals surface area contributed by atoms with Gasteiger partial charge in [0.1, 0.15) is 5.75 Å². The molecule has 1 N–H and O–H groups in total. The first kappa shape index (κ1) is 19.3. The molecule has 1 amide bonds. The van der Waals surface area contributed by atoms with Gasteiger partial charge in [0.05, 0.1) is 0 Å². The minimum absolute atomic E-state index is 0.0510. The van der Waals surface area contributed by atoms with Gasteiger partial charge in [0, 0.05) is 5.54 Å². The molecule has 0 aromatic heterocycles. The lowest BCUT2D eigenvalue weighted by Crippen LogP contribution is -2.50. The molecule has 136 valence electrons. The van der Waals surface area contributed by atoms with Crippen LogP contribution in [0.15, 0.2) is 42.5 Å². The Balaban J connectivity index is 2.08. The number of rotatable bonds is 6. The van der Waals surface area contributed by atoms with Crippen molar-refractivity contribution in [1.29, 1.82) is 0 Å². The molecule has 2 rings (SSSR count). The number of nitrogens with one attached hydrogen (secondary N) is 1. The molecule has 1 atom stereocenters. The highest BCUT2D eigenvalue weighted by molar-refractivity contribution is 5.84. The van der Waals surface area contributed by atoms with E-state index in [0.717, 1.165) is 17.6 Å². The third-order valence-electron chi connectivity index (χ3n) is 4.10. The molecule has 0 heterocycles. The van der Waals surface area contributed by atoms with E-state index in [1.165, 1.54) is 5.39 Å². The lowest BCUT2D eigenvalue weighted by molar-refractivity contribution is -0.130. The largest absolute Gasteiger partial charge is 0.481 e. The summed E-state index contributed by atoms with van der Waals surface area (Å²) in [5.74, 6) is 0.680. The van der Waals surface area contributed by atoms with Crippen molar-refractivity contribution in [1.82, 2.24) is 5.32 Å². The second kappa shape index (κ2) is 7.47. The topological polar surface area (TPSA) is 38.3 Å². The Labute approximate surface area is 151 Å². The number of benzene rings is 2. The van der Waals surface area contributed by atoms with E-state index in [4.69, 9.17) is 4.74 Å². The molecule has 3 nitrogen and oxygen atoms in total. The van der Waals surface area contributed by atoms with Crippen molar-refractivity contribution < 1.29 is 9.53 Å². The molecule has 0 radical (unpaired) electrons. The summed E-state index contributed by atoms with van der Waals surface area (Å²) < 4.78 is 6.00. The Morgan fingerprint density at radius 3 is 2.28 bits per heavy atom. The molecule has 2 aromatic rings. The second-order valence-corrected chi connectivity index (χ2v) is 8.63. The Hall–Kier alpha value is -2.03. The van der Waals surface area contributed by atoms with Gasteiger partial charge in [0.2, 0.25) is 0 Å². The van der Waals surface area contributed by atoms with Gasteiger partial charge in [-0.3, -0.25) is 4.79 Å². The monoisotopic (exact) mass is 341 g/mol. The number of carbonyl (C=O) groups excluding carboxylic acids is 1. The SMILES string of the molecule is CC[C@H](Oc1ccc2ccccc2c1)C(=O)NC(C)(C)CC(C)(C)C. The first-order chi connectivity index (χ1) is 11.6. The summed E-state index contributed by atoms with van der Waals surface area (Å²) in [6.45, 7) is 12.7. The van der Waals surface area contributed by atoms with Crippen LogP contribution in [0.2, 0.25) is 0 Å².